The van der Waals surface area contributed by atoms with E-state index in [0.717, 1.165) is 32.1 Å². The van der Waals surface area contributed by atoms with E-state index in [1.807, 2.05) is 6.92 Å². The van der Waals surface area contributed by atoms with E-state index in [2.05, 4.69) is 52.9 Å². The zero-order valence-corrected chi connectivity index (χ0v) is 12.9. The molecule has 0 bridgehead atoms. The van der Waals surface area contributed by atoms with Gasteiger partial charge in [0.05, 0.1) is 6.61 Å². The van der Waals surface area contributed by atoms with Gasteiger partial charge in [0.15, 0.2) is 5.96 Å². The minimum Gasteiger partial charge on any atom is -0.380 e. The van der Waals surface area contributed by atoms with Crippen LogP contribution in [-0.2, 0) is 4.74 Å². The predicted molar refractivity (Wildman–Crippen MR) is 85.3 cm³/mol. The molecule has 0 fully saturated rings. The first kappa shape index (κ1) is 16.5. The first-order valence-corrected chi connectivity index (χ1v) is 7.39. The summed E-state index contributed by atoms with van der Waals surface area (Å²) in [4.78, 5) is 4.22. The fourth-order valence-corrected chi connectivity index (χ4v) is 2.05. The molecule has 0 spiro atoms. The van der Waals surface area contributed by atoms with E-state index in [9.17, 15) is 0 Å². The largest absolute Gasteiger partial charge is 0.380 e. The van der Waals surface area contributed by atoms with E-state index in [-0.39, 0.29) is 0 Å². The van der Waals surface area contributed by atoms with Crippen LogP contribution in [0.25, 0.3) is 0 Å². The lowest BCUT2D eigenvalue weighted by molar-refractivity contribution is 0.152. The molecule has 1 aromatic carbocycles. The molecule has 0 aromatic heterocycles. The van der Waals surface area contributed by atoms with Crippen molar-refractivity contribution in [1.29, 1.82) is 0 Å². The highest BCUT2D eigenvalue weighted by molar-refractivity contribution is 5.79. The van der Waals surface area contributed by atoms with E-state index >= 15 is 0 Å². The molecule has 0 radical (unpaired) electrons. The van der Waals surface area contributed by atoms with E-state index in [1.54, 1.807) is 7.05 Å². The lowest BCUT2D eigenvalue weighted by Crippen LogP contribution is -2.40. The molecule has 0 saturated heterocycles. The number of rotatable bonds is 8. The van der Waals surface area contributed by atoms with Crippen LogP contribution in [0.5, 0.6) is 0 Å². The zero-order valence-electron chi connectivity index (χ0n) is 12.9. The van der Waals surface area contributed by atoms with Crippen LogP contribution in [-0.4, -0.2) is 39.3 Å². The standard InChI is InChI=1S/C16H27N3O/c1-4-14(15-9-7-6-8-10-15)13-19-16(17-3)18-11-12-20-5-2/h6-10,14H,4-5,11-13H2,1-3H3,(H2,17,18,19). The Kier molecular flexibility index (Phi) is 8.47. The Bertz CT molecular complexity index is 379. The maximum Gasteiger partial charge on any atom is 0.191 e. The van der Waals surface area contributed by atoms with Crippen LogP contribution >= 0.6 is 0 Å². The number of hydrogen-bond acceptors (Lipinski definition) is 2. The van der Waals surface area contributed by atoms with Gasteiger partial charge in [0.2, 0.25) is 0 Å². The fraction of sp³-hybridized carbons (Fsp3) is 0.562. The molecule has 112 valence electrons. The number of guanidine groups is 1. The molecular formula is C16H27N3O. The summed E-state index contributed by atoms with van der Waals surface area (Å²) in [6, 6.07) is 10.6. The van der Waals surface area contributed by atoms with Crippen molar-refractivity contribution >= 4 is 5.96 Å². The summed E-state index contributed by atoms with van der Waals surface area (Å²) in [6.07, 6.45) is 1.10. The lowest BCUT2D eigenvalue weighted by Gasteiger charge is -2.18. The molecule has 0 aliphatic rings. The van der Waals surface area contributed by atoms with Crippen molar-refractivity contribution in [3.8, 4) is 0 Å². The van der Waals surface area contributed by atoms with Gasteiger partial charge in [-0.15, -0.1) is 0 Å². The van der Waals surface area contributed by atoms with Gasteiger partial charge in [-0.3, -0.25) is 4.99 Å². The Morgan fingerprint density at radius 3 is 2.55 bits per heavy atom. The van der Waals surface area contributed by atoms with E-state index < -0.39 is 0 Å². The first-order chi connectivity index (χ1) is 9.81. The quantitative estimate of drug-likeness (QED) is 0.436. The molecular weight excluding hydrogens is 250 g/mol. The summed E-state index contributed by atoms with van der Waals surface area (Å²) in [5.41, 5.74) is 1.37. The number of nitrogens with one attached hydrogen (secondary N) is 2. The molecule has 0 amide bonds. The van der Waals surface area contributed by atoms with Crippen molar-refractivity contribution in [3.05, 3.63) is 35.9 Å². The Morgan fingerprint density at radius 1 is 1.20 bits per heavy atom. The highest BCUT2D eigenvalue weighted by atomic mass is 16.5. The van der Waals surface area contributed by atoms with Gasteiger partial charge in [-0.25, -0.2) is 0 Å². The first-order valence-electron chi connectivity index (χ1n) is 7.39. The monoisotopic (exact) mass is 277 g/mol. The van der Waals surface area contributed by atoms with Crippen molar-refractivity contribution in [2.75, 3.05) is 33.4 Å². The van der Waals surface area contributed by atoms with Crippen molar-refractivity contribution in [1.82, 2.24) is 10.6 Å². The molecule has 1 unspecified atom stereocenters. The van der Waals surface area contributed by atoms with Crippen molar-refractivity contribution in [2.45, 2.75) is 26.2 Å². The molecule has 4 heteroatoms. The normalized spacial score (nSPS) is 13.1. The van der Waals surface area contributed by atoms with Crippen LogP contribution in [0.15, 0.2) is 35.3 Å². The minimum atomic E-state index is 0.502. The molecule has 0 saturated carbocycles. The van der Waals surface area contributed by atoms with Crippen molar-refractivity contribution < 1.29 is 4.74 Å². The number of hydrogen-bond donors (Lipinski definition) is 2. The van der Waals surface area contributed by atoms with Crippen LogP contribution < -0.4 is 10.6 Å². The van der Waals surface area contributed by atoms with Crippen LogP contribution in [0.1, 0.15) is 31.7 Å². The summed E-state index contributed by atoms with van der Waals surface area (Å²) < 4.78 is 5.30. The van der Waals surface area contributed by atoms with Crippen LogP contribution in [0.2, 0.25) is 0 Å². The minimum absolute atomic E-state index is 0.502. The summed E-state index contributed by atoms with van der Waals surface area (Å²) >= 11 is 0. The smallest absolute Gasteiger partial charge is 0.191 e. The second-order valence-corrected chi connectivity index (χ2v) is 4.59. The van der Waals surface area contributed by atoms with Gasteiger partial charge in [-0.05, 0) is 18.9 Å². The van der Waals surface area contributed by atoms with Gasteiger partial charge < -0.3 is 15.4 Å². The summed E-state index contributed by atoms with van der Waals surface area (Å²) in [5, 5.41) is 6.63. The molecule has 2 N–H and O–H groups in total. The van der Waals surface area contributed by atoms with Crippen LogP contribution in [0, 0.1) is 0 Å². The number of nitrogens with zero attached hydrogens (tertiary/aromatic N) is 1. The maximum atomic E-state index is 5.30. The van der Waals surface area contributed by atoms with Gasteiger partial charge in [-0.2, -0.15) is 0 Å². The fourth-order valence-electron chi connectivity index (χ4n) is 2.05. The van der Waals surface area contributed by atoms with E-state index in [4.69, 9.17) is 4.74 Å². The summed E-state index contributed by atoms with van der Waals surface area (Å²) in [6.45, 7) is 7.32. The average molecular weight is 277 g/mol. The lowest BCUT2D eigenvalue weighted by atomic mass is 9.97. The van der Waals surface area contributed by atoms with E-state index in [1.165, 1.54) is 5.56 Å². The zero-order chi connectivity index (χ0) is 14.6. The summed E-state index contributed by atoms with van der Waals surface area (Å²) in [7, 11) is 1.79. The molecule has 0 heterocycles. The van der Waals surface area contributed by atoms with Crippen molar-refractivity contribution in [3.63, 3.8) is 0 Å². The Balaban J connectivity index is 2.38. The third-order valence-electron chi connectivity index (χ3n) is 3.25. The topological polar surface area (TPSA) is 45.6 Å². The molecule has 4 nitrogen and oxygen atoms in total. The van der Waals surface area contributed by atoms with Gasteiger partial charge >= 0.3 is 0 Å². The highest BCUT2D eigenvalue weighted by Crippen LogP contribution is 2.17. The second-order valence-electron chi connectivity index (χ2n) is 4.59. The Morgan fingerprint density at radius 2 is 1.95 bits per heavy atom. The molecule has 0 aliphatic heterocycles. The molecule has 1 atom stereocenters. The van der Waals surface area contributed by atoms with Gasteiger partial charge in [0.25, 0.3) is 0 Å². The SMILES string of the molecule is CCOCCNC(=NC)NCC(CC)c1ccccc1. The van der Waals surface area contributed by atoms with Gasteiger partial charge in [-0.1, -0.05) is 37.3 Å². The third kappa shape index (κ3) is 6.06. The molecule has 0 aliphatic carbocycles. The second kappa shape index (κ2) is 10.3. The molecule has 20 heavy (non-hydrogen) atoms. The third-order valence-corrected chi connectivity index (χ3v) is 3.25. The van der Waals surface area contributed by atoms with Gasteiger partial charge in [0.1, 0.15) is 0 Å². The summed E-state index contributed by atoms with van der Waals surface area (Å²) in [5.74, 6) is 1.33. The van der Waals surface area contributed by atoms with Gasteiger partial charge in [0, 0.05) is 32.7 Å². The highest BCUT2D eigenvalue weighted by Gasteiger charge is 2.09. The maximum absolute atomic E-state index is 5.30. The van der Waals surface area contributed by atoms with Crippen molar-refractivity contribution in [2.24, 2.45) is 4.99 Å². The Hall–Kier alpha value is -1.55. The van der Waals surface area contributed by atoms with Crippen LogP contribution in [0.3, 0.4) is 0 Å². The Labute approximate surface area is 122 Å². The number of benzene rings is 1. The number of ether oxygens (including phenoxy) is 1. The molecule has 1 aromatic rings. The van der Waals surface area contributed by atoms with Crippen LogP contribution in [0.4, 0.5) is 0 Å². The predicted octanol–water partition coefficient (Wildman–Crippen LogP) is 2.38. The van der Waals surface area contributed by atoms with E-state index in [0.29, 0.717) is 12.5 Å². The molecule has 1 rings (SSSR count). The average Bonchev–Trinajstić information content (AvgIpc) is 2.51. The number of aliphatic imine (C=N–C) groups is 1.